The Bertz CT molecular complexity index is 302. The zero-order valence-electron chi connectivity index (χ0n) is 13.5. The van der Waals surface area contributed by atoms with E-state index in [1.807, 2.05) is 0 Å². The number of carboxylic acid groups (broad SMARTS) is 1. The highest BCUT2D eigenvalue weighted by molar-refractivity contribution is 5.66. The fraction of sp³-hybridized carbons (Fsp3) is 0.938. The van der Waals surface area contributed by atoms with Crippen molar-refractivity contribution in [3.05, 3.63) is 0 Å². The molecule has 2 atom stereocenters. The standard InChI is InChI=1S/C16H31NO3/c1-5-16(6-2)13(12-14(16)20-7-3)17(4)11-9-8-10-15(18)19/h13-14H,5-12H2,1-4H3,(H,18,19). The van der Waals surface area contributed by atoms with Gasteiger partial charge in [-0.3, -0.25) is 4.79 Å². The Hall–Kier alpha value is -0.610. The van der Waals surface area contributed by atoms with E-state index in [0.29, 0.717) is 12.1 Å². The van der Waals surface area contributed by atoms with Crippen molar-refractivity contribution in [1.29, 1.82) is 0 Å². The van der Waals surface area contributed by atoms with Crippen LogP contribution in [0.25, 0.3) is 0 Å². The summed E-state index contributed by atoms with van der Waals surface area (Å²) in [6.45, 7) is 8.37. The normalized spacial score (nSPS) is 24.6. The third-order valence-corrected chi connectivity index (χ3v) is 5.11. The minimum Gasteiger partial charge on any atom is -0.481 e. The molecule has 0 amide bonds. The third kappa shape index (κ3) is 3.73. The molecule has 0 aromatic heterocycles. The maximum atomic E-state index is 10.5. The van der Waals surface area contributed by atoms with E-state index in [1.165, 1.54) is 0 Å². The fourth-order valence-electron chi connectivity index (χ4n) is 3.75. The molecular formula is C16H31NO3. The van der Waals surface area contributed by atoms with Crippen LogP contribution in [0.2, 0.25) is 0 Å². The molecule has 0 aromatic carbocycles. The predicted octanol–water partition coefficient (Wildman–Crippen LogP) is 3.16. The van der Waals surface area contributed by atoms with E-state index < -0.39 is 5.97 Å². The molecule has 1 aliphatic rings. The van der Waals surface area contributed by atoms with Crippen LogP contribution in [-0.2, 0) is 9.53 Å². The van der Waals surface area contributed by atoms with Crippen molar-refractivity contribution in [2.24, 2.45) is 5.41 Å². The highest BCUT2D eigenvalue weighted by Crippen LogP contribution is 2.51. The third-order valence-electron chi connectivity index (χ3n) is 5.11. The van der Waals surface area contributed by atoms with Crippen LogP contribution in [0.5, 0.6) is 0 Å². The molecule has 0 heterocycles. The molecule has 0 aromatic rings. The van der Waals surface area contributed by atoms with Crippen LogP contribution in [0.3, 0.4) is 0 Å². The molecule has 2 unspecified atom stereocenters. The van der Waals surface area contributed by atoms with Crippen LogP contribution in [0, 0.1) is 5.41 Å². The van der Waals surface area contributed by atoms with Gasteiger partial charge >= 0.3 is 5.97 Å². The number of nitrogens with zero attached hydrogens (tertiary/aromatic N) is 1. The van der Waals surface area contributed by atoms with Gasteiger partial charge in [0.2, 0.25) is 0 Å². The maximum Gasteiger partial charge on any atom is 0.303 e. The van der Waals surface area contributed by atoms with E-state index in [1.54, 1.807) is 0 Å². The van der Waals surface area contributed by atoms with Crippen LogP contribution in [0.1, 0.15) is 59.3 Å². The van der Waals surface area contributed by atoms with Gasteiger partial charge in [0.25, 0.3) is 0 Å². The van der Waals surface area contributed by atoms with E-state index >= 15 is 0 Å². The molecule has 1 fully saturated rings. The van der Waals surface area contributed by atoms with Gasteiger partial charge in [0.05, 0.1) is 6.10 Å². The number of unbranched alkanes of at least 4 members (excludes halogenated alkanes) is 1. The zero-order chi connectivity index (χ0) is 15.2. The molecule has 0 aliphatic heterocycles. The molecule has 1 saturated carbocycles. The van der Waals surface area contributed by atoms with Crippen LogP contribution < -0.4 is 0 Å². The molecule has 1 N–H and O–H groups in total. The smallest absolute Gasteiger partial charge is 0.303 e. The Kier molecular flexibility index (Phi) is 6.96. The van der Waals surface area contributed by atoms with Gasteiger partial charge in [-0.05, 0) is 52.6 Å². The second kappa shape index (κ2) is 7.99. The van der Waals surface area contributed by atoms with Crippen LogP contribution >= 0.6 is 0 Å². The number of rotatable bonds is 10. The number of carbonyl (C=O) groups is 1. The molecule has 0 spiro atoms. The highest BCUT2D eigenvalue weighted by Gasteiger charge is 2.54. The summed E-state index contributed by atoms with van der Waals surface area (Å²) in [6, 6.07) is 0.582. The van der Waals surface area contributed by atoms with Crippen molar-refractivity contribution in [2.45, 2.75) is 71.4 Å². The van der Waals surface area contributed by atoms with Crippen molar-refractivity contribution < 1.29 is 14.6 Å². The Balaban J connectivity index is 2.47. The minimum absolute atomic E-state index is 0.284. The van der Waals surface area contributed by atoms with E-state index in [-0.39, 0.29) is 11.8 Å². The molecule has 20 heavy (non-hydrogen) atoms. The van der Waals surface area contributed by atoms with Crippen molar-refractivity contribution in [3.63, 3.8) is 0 Å². The first-order valence-electron chi connectivity index (χ1n) is 8.05. The summed E-state index contributed by atoms with van der Waals surface area (Å²) < 4.78 is 5.91. The number of ether oxygens (including phenoxy) is 1. The molecule has 118 valence electrons. The van der Waals surface area contributed by atoms with Gasteiger partial charge in [-0.25, -0.2) is 0 Å². The first-order valence-corrected chi connectivity index (χ1v) is 8.05. The number of hydrogen-bond donors (Lipinski definition) is 1. The molecule has 1 aliphatic carbocycles. The Labute approximate surface area is 123 Å². The molecule has 0 saturated heterocycles. The quantitative estimate of drug-likeness (QED) is 0.626. The molecule has 1 rings (SSSR count). The summed E-state index contributed by atoms with van der Waals surface area (Å²) >= 11 is 0. The lowest BCUT2D eigenvalue weighted by molar-refractivity contribution is -0.167. The molecule has 4 heteroatoms. The summed E-state index contributed by atoms with van der Waals surface area (Å²) in [5, 5.41) is 8.67. The minimum atomic E-state index is -0.691. The van der Waals surface area contributed by atoms with Gasteiger partial charge in [0, 0.05) is 24.5 Å². The van der Waals surface area contributed by atoms with Crippen molar-refractivity contribution in [2.75, 3.05) is 20.2 Å². The van der Waals surface area contributed by atoms with E-state index in [2.05, 4.69) is 32.7 Å². The summed E-state index contributed by atoms with van der Waals surface area (Å²) in [6.07, 6.45) is 5.83. The highest BCUT2D eigenvalue weighted by atomic mass is 16.5. The Morgan fingerprint density at radius 2 is 1.95 bits per heavy atom. The topological polar surface area (TPSA) is 49.8 Å². The molecule has 4 nitrogen and oxygen atoms in total. The van der Waals surface area contributed by atoms with Gasteiger partial charge in [-0.1, -0.05) is 13.8 Å². The van der Waals surface area contributed by atoms with Gasteiger partial charge in [0.1, 0.15) is 0 Å². The maximum absolute atomic E-state index is 10.5. The lowest BCUT2D eigenvalue weighted by Gasteiger charge is -2.58. The van der Waals surface area contributed by atoms with Gasteiger partial charge < -0.3 is 14.7 Å². The van der Waals surface area contributed by atoms with Crippen LogP contribution in [0.15, 0.2) is 0 Å². The lowest BCUT2D eigenvalue weighted by atomic mass is 9.58. The summed E-state index contributed by atoms with van der Waals surface area (Å²) in [5.41, 5.74) is 0.289. The first kappa shape index (κ1) is 17.4. The predicted molar refractivity (Wildman–Crippen MR) is 81.0 cm³/mol. The van der Waals surface area contributed by atoms with Gasteiger partial charge in [-0.15, -0.1) is 0 Å². The molecular weight excluding hydrogens is 254 g/mol. The van der Waals surface area contributed by atoms with Crippen LogP contribution in [-0.4, -0.2) is 48.3 Å². The average molecular weight is 285 g/mol. The second-order valence-corrected chi connectivity index (χ2v) is 5.97. The SMILES string of the molecule is CCOC1CC(N(C)CCCCC(=O)O)C1(CC)CC. The van der Waals surface area contributed by atoms with Crippen molar-refractivity contribution in [1.82, 2.24) is 4.90 Å². The monoisotopic (exact) mass is 285 g/mol. The lowest BCUT2D eigenvalue weighted by Crippen LogP contribution is -2.63. The fourth-order valence-corrected chi connectivity index (χ4v) is 3.75. The van der Waals surface area contributed by atoms with E-state index in [4.69, 9.17) is 9.84 Å². The summed E-state index contributed by atoms with van der Waals surface area (Å²) in [4.78, 5) is 12.9. The Morgan fingerprint density at radius 1 is 1.30 bits per heavy atom. The van der Waals surface area contributed by atoms with Crippen LogP contribution in [0.4, 0.5) is 0 Å². The average Bonchev–Trinajstić information content (AvgIpc) is 2.40. The molecule has 0 radical (unpaired) electrons. The van der Waals surface area contributed by atoms with Gasteiger partial charge in [-0.2, -0.15) is 0 Å². The van der Waals surface area contributed by atoms with Crippen molar-refractivity contribution >= 4 is 5.97 Å². The molecule has 0 bridgehead atoms. The number of aliphatic carboxylic acids is 1. The zero-order valence-corrected chi connectivity index (χ0v) is 13.5. The number of hydrogen-bond acceptors (Lipinski definition) is 3. The van der Waals surface area contributed by atoms with E-state index in [0.717, 1.165) is 45.3 Å². The summed E-state index contributed by atoms with van der Waals surface area (Å²) in [7, 11) is 2.17. The Morgan fingerprint density at radius 3 is 2.45 bits per heavy atom. The first-order chi connectivity index (χ1) is 9.51. The summed E-state index contributed by atoms with van der Waals surface area (Å²) in [5.74, 6) is -0.691. The number of carboxylic acids is 1. The largest absolute Gasteiger partial charge is 0.481 e. The second-order valence-electron chi connectivity index (χ2n) is 5.97. The van der Waals surface area contributed by atoms with Gasteiger partial charge in [0.15, 0.2) is 0 Å². The van der Waals surface area contributed by atoms with E-state index in [9.17, 15) is 4.79 Å². The van der Waals surface area contributed by atoms with Crippen molar-refractivity contribution in [3.8, 4) is 0 Å².